The van der Waals surface area contributed by atoms with Gasteiger partial charge in [0.05, 0.1) is 0 Å². The quantitative estimate of drug-likeness (QED) is 0.570. The Morgan fingerprint density at radius 3 is 3.00 bits per heavy atom. The first-order chi connectivity index (χ1) is 5.79. The van der Waals surface area contributed by atoms with Crippen molar-refractivity contribution in [3.05, 3.63) is 29.5 Å². The van der Waals surface area contributed by atoms with Crippen molar-refractivity contribution in [1.82, 2.24) is 0 Å². The van der Waals surface area contributed by atoms with Crippen LogP contribution < -0.4 is 0 Å². The number of carbonyl (C=O) groups is 1. The van der Waals surface area contributed by atoms with Crippen LogP contribution in [0.4, 0.5) is 0 Å². The number of hydrogen-bond donors (Lipinski definition) is 0. The van der Waals surface area contributed by atoms with Crippen LogP contribution in [0, 0.1) is 0 Å². The van der Waals surface area contributed by atoms with Crippen molar-refractivity contribution in [2.75, 3.05) is 0 Å². The van der Waals surface area contributed by atoms with Crippen molar-refractivity contribution >= 4 is 5.78 Å². The van der Waals surface area contributed by atoms with Crippen molar-refractivity contribution < 1.29 is 4.79 Å². The zero-order valence-corrected chi connectivity index (χ0v) is 7.52. The molecule has 0 spiro atoms. The highest BCUT2D eigenvalue weighted by Crippen LogP contribution is 2.21. The summed E-state index contributed by atoms with van der Waals surface area (Å²) in [7, 11) is 0. The maximum absolute atomic E-state index is 11.4. The van der Waals surface area contributed by atoms with Crippen LogP contribution in [0.3, 0.4) is 0 Å². The average molecular weight is 162 g/mol. The lowest BCUT2D eigenvalue weighted by atomic mass is 9.91. The molecule has 0 aromatic carbocycles. The molecule has 0 radical (unpaired) electrons. The van der Waals surface area contributed by atoms with Crippen LogP contribution in [-0.2, 0) is 4.79 Å². The summed E-state index contributed by atoms with van der Waals surface area (Å²) < 4.78 is 0. The van der Waals surface area contributed by atoms with Gasteiger partial charge in [0.15, 0.2) is 5.78 Å². The second-order valence-corrected chi connectivity index (χ2v) is 2.94. The van der Waals surface area contributed by atoms with E-state index in [1.807, 2.05) is 13.0 Å². The first kappa shape index (κ1) is 9.02. The molecule has 0 bridgehead atoms. The molecule has 0 aliphatic heterocycles. The van der Waals surface area contributed by atoms with E-state index < -0.39 is 0 Å². The Morgan fingerprint density at radius 1 is 1.75 bits per heavy atom. The maximum atomic E-state index is 11.4. The van der Waals surface area contributed by atoms with E-state index in [1.165, 1.54) is 0 Å². The number of rotatable bonds is 2. The van der Waals surface area contributed by atoms with Gasteiger partial charge in [-0.15, -0.1) is 5.73 Å². The van der Waals surface area contributed by atoms with Crippen molar-refractivity contribution in [3.63, 3.8) is 0 Å². The lowest BCUT2D eigenvalue weighted by molar-refractivity contribution is -0.115. The lowest BCUT2D eigenvalue weighted by Gasteiger charge is -2.11. The normalized spacial score (nSPS) is 16.8. The van der Waals surface area contributed by atoms with E-state index in [0.29, 0.717) is 6.42 Å². The van der Waals surface area contributed by atoms with E-state index in [1.54, 1.807) is 0 Å². The highest BCUT2D eigenvalue weighted by Gasteiger charge is 2.15. The predicted octanol–water partition coefficient (Wildman–Crippen LogP) is 2.79. The van der Waals surface area contributed by atoms with Crippen LogP contribution in [0.5, 0.6) is 0 Å². The summed E-state index contributed by atoms with van der Waals surface area (Å²) in [5.41, 5.74) is 4.66. The third kappa shape index (κ3) is 1.75. The monoisotopic (exact) mass is 162 g/mol. The second kappa shape index (κ2) is 4.08. The van der Waals surface area contributed by atoms with Crippen LogP contribution in [0.1, 0.15) is 32.6 Å². The van der Waals surface area contributed by atoms with Crippen LogP contribution in [0.15, 0.2) is 29.5 Å². The smallest absolute Gasteiger partial charge is 0.163 e. The minimum Gasteiger partial charge on any atom is -0.294 e. The number of hydrogen-bond acceptors (Lipinski definition) is 1. The molecule has 0 saturated carbocycles. The second-order valence-electron chi connectivity index (χ2n) is 2.94. The molecule has 1 aliphatic rings. The van der Waals surface area contributed by atoms with Gasteiger partial charge < -0.3 is 0 Å². The fourth-order valence-electron chi connectivity index (χ4n) is 1.46. The molecular formula is C11H14O. The fourth-order valence-corrected chi connectivity index (χ4v) is 1.46. The molecule has 1 rings (SSSR count). The summed E-state index contributed by atoms with van der Waals surface area (Å²) in [6, 6.07) is 0. The van der Waals surface area contributed by atoms with Crippen LogP contribution in [-0.4, -0.2) is 5.78 Å². The van der Waals surface area contributed by atoms with Gasteiger partial charge in [-0.1, -0.05) is 19.6 Å². The van der Waals surface area contributed by atoms with Crippen molar-refractivity contribution in [2.45, 2.75) is 32.6 Å². The van der Waals surface area contributed by atoms with Gasteiger partial charge in [-0.3, -0.25) is 4.79 Å². The van der Waals surface area contributed by atoms with E-state index in [-0.39, 0.29) is 5.78 Å². The molecule has 0 atom stereocenters. The first-order valence-corrected chi connectivity index (χ1v) is 4.42. The van der Waals surface area contributed by atoms with E-state index in [9.17, 15) is 4.79 Å². The van der Waals surface area contributed by atoms with Crippen molar-refractivity contribution in [3.8, 4) is 0 Å². The standard InChI is InChI=1S/C11H14O/c1-3-9(4-2)10-7-5-6-8-11(10)12/h7H,1,4-6,8H2,2H3. The summed E-state index contributed by atoms with van der Waals surface area (Å²) in [4.78, 5) is 11.4. The molecule has 0 fully saturated rings. The minimum absolute atomic E-state index is 0.259. The zero-order chi connectivity index (χ0) is 8.97. The molecule has 64 valence electrons. The fraction of sp³-hybridized carbons (Fsp3) is 0.455. The van der Waals surface area contributed by atoms with Gasteiger partial charge in [0.1, 0.15) is 0 Å². The molecule has 0 aromatic heterocycles. The zero-order valence-electron chi connectivity index (χ0n) is 7.52. The molecule has 1 nitrogen and oxygen atoms in total. The van der Waals surface area contributed by atoms with Crippen LogP contribution >= 0.6 is 0 Å². The van der Waals surface area contributed by atoms with E-state index in [4.69, 9.17) is 0 Å². The molecule has 1 aliphatic carbocycles. The number of Topliss-reactive ketones (excluding diaryl/α,β-unsaturated/α-hetero) is 1. The van der Waals surface area contributed by atoms with Gasteiger partial charge in [-0.2, -0.15) is 0 Å². The van der Waals surface area contributed by atoms with Gasteiger partial charge in [0.2, 0.25) is 0 Å². The Morgan fingerprint density at radius 2 is 2.50 bits per heavy atom. The SMILES string of the molecule is C=C=C(CC)C1=CCCCC1=O. The third-order valence-electron chi connectivity index (χ3n) is 2.15. The topological polar surface area (TPSA) is 17.1 Å². The lowest BCUT2D eigenvalue weighted by Crippen LogP contribution is -2.08. The molecular weight excluding hydrogens is 148 g/mol. The molecule has 0 N–H and O–H groups in total. The Balaban J connectivity index is 2.92. The predicted molar refractivity (Wildman–Crippen MR) is 49.9 cm³/mol. The van der Waals surface area contributed by atoms with E-state index >= 15 is 0 Å². The highest BCUT2D eigenvalue weighted by molar-refractivity contribution is 6.00. The van der Waals surface area contributed by atoms with Crippen LogP contribution in [0.25, 0.3) is 0 Å². The molecule has 1 heteroatoms. The summed E-state index contributed by atoms with van der Waals surface area (Å²) in [6.45, 7) is 5.61. The number of allylic oxidation sites excluding steroid dienone is 3. The summed E-state index contributed by atoms with van der Waals surface area (Å²) >= 11 is 0. The summed E-state index contributed by atoms with van der Waals surface area (Å²) in [6.07, 6.45) is 5.57. The molecule has 0 saturated heterocycles. The Bertz CT molecular complexity index is 265. The number of carbonyl (C=O) groups excluding carboxylic acids is 1. The molecule has 0 unspecified atom stereocenters. The van der Waals surface area contributed by atoms with Crippen molar-refractivity contribution in [2.24, 2.45) is 0 Å². The average Bonchev–Trinajstić information content (AvgIpc) is 2.10. The van der Waals surface area contributed by atoms with Crippen LogP contribution in [0.2, 0.25) is 0 Å². The Hall–Kier alpha value is -1.07. The van der Waals surface area contributed by atoms with Gasteiger partial charge in [0.25, 0.3) is 0 Å². The molecule has 12 heavy (non-hydrogen) atoms. The Kier molecular flexibility index (Phi) is 3.07. The third-order valence-corrected chi connectivity index (χ3v) is 2.15. The van der Waals surface area contributed by atoms with E-state index in [2.05, 4.69) is 12.3 Å². The highest BCUT2D eigenvalue weighted by atomic mass is 16.1. The molecule has 0 amide bonds. The molecule has 0 heterocycles. The largest absolute Gasteiger partial charge is 0.294 e. The minimum atomic E-state index is 0.259. The molecule has 0 aromatic rings. The van der Waals surface area contributed by atoms with Gasteiger partial charge in [0, 0.05) is 17.6 Å². The Labute approximate surface area is 73.5 Å². The first-order valence-electron chi connectivity index (χ1n) is 4.42. The van der Waals surface area contributed by atoms with Gasteiger partial charge in [-0.25, -0.2) is 0 Å². The maximum Gasteiger partial charge on any atom is 0.163 e. The summed E-state index contributed by atoms with van der Waals surface area (Å²) in [5, 5.41) is 0. The number of ketones is 1. The van der Waals surface area contributed by atoms with Crippen molar-refractivity contribution in [1.29, 1.82) is 0 Å². The summed E-state index contributed by atoms with van der Waals surface area (Å²) in [5.74, 6) is 0.259. The van der Waals surface area contributed by atoms with E-state index in [0.717, 1.165) is 30.4 Å². The van der Waals surface area contributed by atoms with Gasteiger partial charge >= 0.3 is 0 Å². The van der Waals surface area contributed by atoms with Gasteiger partial charge in [-0.05, 0) is 19.3 Å².